The fourth-order valence-corrected chi connectivity index (χ4v) is 1.91. The minimum Gasteiger partial charge on any atom is -0.319 e. The second-order valence-electron chi connectivity index (χ2n) is 3.77. The van der Waals surface area contributed by atoms with Gasteiger partial charge in [0.1, 0.15) is 12.1 Å². The molecule has 1 aromatic carbocycles. The molecule has 0 atom stereocenters. The summed E-state index contributed by atoms with van der Waals surface area (Å²) in [6.45, 7) is 0. The van der Waals surface area contributed by atoms with Crippen LogP contribution >= 0.6 is 0 Å². The largest absolute Gasteiger partial charge is 0.319 e. The Morgan fingerprint density at radius 1 is 1.25 bits per heavy atom. The number of nitrogens with one attached hydrogen (secondary N) is 1. The number of sulfonamides is 1. The Labute approximate surface area is 113 Å². The molecule has 0 fully saturated rings. The zero-order valence-corrected chi connectivity index (χ0v) is 10.8. The van der Waals surface area contributed by atoms with Gasteiger partial charge in [-0.2, -0.15) is 0 Å². The third-order valence-electron chi connectivity index (χ3n) is 2.34. The molecule has 0 spiro atoms. The summed E-state index contributed by atoms with van der Waals surface area (Å²) in [5, 5.41) is 7.15. The van der Waals surface area contributed by atoms with Gasteiger partial charge < -0.3 is 5.32 Å². The van der Waals surface area contributed by atoms with Crippen LogP contribution in [0.5, 0.6) is 0 Å². The number of nitrogens with two attached hydrogens (primary N) is 1. The van der Waals surface area contributed by atoms with Gasteiger partial charge in [0.05, 0.1) is 16.1 Å². The highest BCUT2D eigenvalue weighted by atomic mass is 32.2. The number of carbonyl (C=O) groups excluding carboxylic acids is 1. The van der Waals surface area contributed by atoms with Gasteiger partial charge in [-0.05, 0) is 18.2 Å². The van der Waals surface area contributed by atoms with Crippen molar-refractivity contribution in [3.05, 3.63) is 48.3 Å². The number of rotatable bonds is 3. The average molecular weight is 296 g/mol. The molecule has 0 saturated heterocycles. The topological polar surface area (TPSA) is 115 Å². The molecule has 2 rings (SSSR count). The molecule has 0 saturated carbocycles. The maximum Gasteiger partial charge on any atom is 0.258 e. The third-order valence-corrected chi connectivity index (χ3v) is 3.25. The van der Waals surface area contributed by atoms with Crippen LogP contribution in [0, 0.1) is 5.82 Å². The molecule has 0 radical (unpaired) electrons. The van der Waals surface area contributed by atoms with Crippen molar-refractivity contribution in [1.82, 2.24) is 9.97 Å². The molecule has 0 aliphatic carbocycles. The number of hydrogen-bond donors (Lipinski definition) is 2. The average Bonchev–Trinajstić information content (AvgIpc) is 2.41. The van der Waals surface area contributed by atoms with E-state index in [0.29, 0.717) is 0 Å². The lowest BCUT2D eigenvalue weighted by Crippen LogP contribution is -2.15. The zero-order chi connectivity index (χ0) is 14.8. The quantitative estimate of drug-likeness (QED) is 0.856. The number of nitrogens with zero attached hydrogens (tertiary/aromatic N) is 2. The molecule has 9 heteroatoms. The Morgan fingerprint density at radius 2 is 1.90 bits per heavy atom. The lowest BCUT2D eigenvalue weighted by molar-refractivity contribution is 0.102. The molecule has 0 unspecified atom stereocenters. The summed E-state index contributed by atoms with van der Waals surface area (Å²) in [5.74, 6) is -1.53. The van der Waals surface area contributed by atoms with Gasteiger partial charge in [-0.3, -0.25) is 4.79 Å². The number of aromatic nitrogens is 2. The van der Waals surface area contributed by atoms with Crippen LogP contribution < -0.4 is 10.5 Å². The van der Waals surface area contributed by atoms with Crippen molar-refractivity contribution in [2.24, 2.45) is 5.14 Å². The predicted octanol–water partition coefficient (Wildman–Crippen LogP) is 0.515. The van der Waals surface area contributed by atoms with Crippen LogP contribution in [0.25, 0.3) is 0 Å². The highest BCUT2D eigenvalue weighted by Gasteiger charge is 2.14. The summed E-state index contributed by atoms with van der Waals surface area (Å²) in [5.41, 5.74) is -0.0336. The van der Waals surface area contributed by atoms with Crippen LogP contribution in [0.1, 0.15) is 10.4 Å². The van der Waals surface area contributed by atoms with Gasteiger partial charge in [0.25, 0.3) is 5.91 Å². The fraction of sp³-hybridized carbons (Fsp3) is 0. The van der Waals surface area contributed by atoms with Gasteiger partial charge in [-0.15, -0.1) is 0 Å². The summed E-state index contributed by atoms with van der Waals surface area (Å²) in [4.78, 5) is 18.7. The Morgan fingerprint density at radius 3 is 2.45 bits per heavy atom. The Kier molecular flexibility index (Phi) is 3.72. The van der Waals surface area contributed by atoms with E-state index in [9.17, 15) is 17.6 Å². The van der Waals surface area contributed by atoms with Crippen LogP contribution in [0.15, 0.2) is 41.8 Å². The number of halogens is 1. The number of benzene rings is 1. The minimum atomic E-state index is -4.00. The van der Waals surface area contributed by atoms with Gasteiger partial charge in [0.15, 0.2) is 0 Å². The van der Waals surface area contributed by atoms with E-state index >= 15 is 0 Å². The molecule has 0 bridgehead atoms. The molecule has 104 valence electrons. The Balaban J connectivity index is 2.25. The van der Waals surface area contributed by atoms with Crippen LogP contribution in [0.4, 0.5) is 10.1 Å². The SMILES string of the molecule is NS(=O)(=O)c1ccc(NC(=O)c2cncnc2)c(F)c1. The maximum absolute atomic E-state index is 13.7. The molecular weight excluding hydrogens is 287 g/mol. The van der Waals surface area contributed by atoms with Crippen molar-refractivity contribution < 1.29 is 17.6 Å². The van der Waals surface area contributed by atoms with Crippen molar-refractivity contribution in [3.63, 3.8) is 0 Å². The highest BCUT2D eigenvalue weighted by Crippen LogP contribution is 2.18. The second-order valence-corrected chi connectivity index (χ2v) is 5.33. The zero-order valence-electron chi connectivity index (χ0n) is 9.95. The van der Waals surface area contributed by atoms with Crippen LogP contribution in [-0.2, 0) is 10.0 Å². The summed E-state index contributed by atoms with van der Waals surface area (Å²) in [6, 6.07) is 2.93. The van der Waals surface area contributed by atoms with Crippen molar-refractivity contribution in [2.45, 2.75) is 4.90 Å². The predicted molar refractivity (Wildman–Crippen MR) is 67.8 cm³/mol. The number of primary sulfonamides is 1. The summed E-state index contributed by atoms with van der Waals surface area (Å²) >= 11 is 0. The van der Waals surface area contributed by atoms with Gasteiger partial charge in [0, 0.05) is 12.4 Å². The van der Waals surface area contributed by atoms with Gasteiger partial charge in [-0.1, -0.05) is 0 Å². The first-order chi connectivity index (χ1) is 9.38. The summed E-state index contributed by atoms with van der Waals surface area (Å²) in [6.07, 6.45) is 3.77. The van der Waals surface area contributed by atoms with Crippen LogP contribution in [-0.4, -0.2) is 24.3 Å². The summed E-state index contributed by atoms with van der Waals surface area (Å²) < 4.78 is 35.8. The maximum atomic E-state index is 13.7. The Bertz CT molecular complexity index is 750. The first-order valence-corrected chi connectivity index (χ1v) is 6.81. The first-order valence-electron chi connectivity index (χ1n) is 5.26. The molecule has 0 aliphatic heterocycles. The van der Waals surface area contributed by atoms with E-state index in [4.69, 9.17) is 5.14 Å². The lowest BCUT2D eigenvalue weighted by atomic mass is 10.2. The monoisotopic (exact) mass is 296 g/mol. The van der Waals surface area contributed by atoms with Crippen molar-refractivity contribution in [2.75, 3.05) is 5.32 Å². The highest BCUT2D eigenvalue weighted by molar-refractivity contribution is 7.89. The molecule has 1 aromatic heterocycles. The van der Waals surface area contributed by atoms with E-state index in [-0.39, 0.29) is 16.1 Å². The standard InChI is InChI=1S/C11H9FN4O3S/c12-9-3-8(20(13,18)19)1-2-10(9)16-11(17)7-4-14-6-15-5-7/h1-6H,(H,16,17)(H2,13,18,19). The molecule has 0 aliphatic rings. The molecule has 1 heterocycles. The van der Waals surface area contributed by atoms with Crippen LogP contribution in [0.3, 0.4) is 0 Å². The summed E-state index contributed by atoms with van der Waals surface area (Å²) in [7, 11) is -4.00. The van der Waals surface area contributed by atoms with E-state index in [2.05, 4.69) is 15.3 Å². The molecule has 20 heavy (non-hydrogen) atoms. The third kappa shape index (κ3) is 3.13. The number of amides is 1. The number of anilines is 1. The van der Waals surface area contributed by atoms with Crippen molar-refractivity contribution in [1.29, 1.82) is 0 Å². The minimum absolute atomic E-state index is 0.141. The fourth-order valence-electron chi connectivity index (χ4n) is 1.39. The smallest absolute Gasteiger partial charge is 0.258 e. The molecule has 2 aromatic rings. The van der Waals surface area contributed by atoms with E-state index in [0.717, 1.165) is 18.2 Å². The first kappa shape index (κ1) is 14.0. The molecule has 3 N–H and O–H groups in total. The van der Waals surface area contributed by atoms with Crippen LogP contribution in [0.2, 0.25) is 0 Å². The lowest BCUT2D eigenvalue weighted by Gasteiger charge is -2.07. The van der Waals surface area contributed by atoms with E-state index in [1.54, 1.807) is 0 Å². The molecule has 1 amide bonds. The second kappa shape index (κ2) is 5.31. The number of hydrogen-bond acceptors (Lipinski definition) is 5. The normalized spacial score (nSPS) is 11.1. The van der Waals surface area contributed by atoms with Gasteiger partial charge in [-0.25, -0.2) is 27.9 Å². The van der Waals surface area contributed by atoms with E-state index in [1.165, 1.54) is 18.7 Å². The van der Waals surface area contributed by atoms with E-state index in [1.807, 2.05) is 0 Å². The molecule has 7 nitrogen and oxygen atoms in total. The van der Waals surface area contributed by atoms with E-state index < -0.39 is 21.7 Å². The Hall–Kier alpha value is -2.39. The van der Waals surface area contributed by atoms with Crippen molar-refractivity contribution in [3.8, 4) is 0 Å². The van der Waals surface area contributed by atoms with Gasteiger partial charge >= 0.3 is 0 Å². The van der Waals surface area contributed by atoms with Crippen molar-refractivity contribution >= 4 is 21.6 Å². The molecular formula is C11H9FN4O3S. The van der Waals surface area contributed by atoms with Gasteiger partial charge in [0.2, 0.25) is 10.0 Å². The number of carbonyl (C=O) groups is 1.